The number of fused-ring (bicyclic) bond motifs is 1. The van der Waals surface area contributed by atoms with Gasteiger partial charge in [-0.3, -0.25) is 4.79 Å². The Morgan fingerprint density at radius 3 is 2.75 bits per heavy atom. The molecule has 0 fully saturated rings. The van der Waals surface area contributed by atoms with Crippen LogP contribution in [0.1, 0.15) is 17.3 Å². The number of halogens is 2. The number of rotatable bonds is 4. The monoisotopic (exact) mass is 341 g/mol. The number of carbonyl (C=O) groups excluding carboxylic acids is 1. The quantitative estimate of drug-likeness (QED) is 0.725. The fourth-order valence-corrected chi connectivity index (χ4v) is 2.90. The first-order valence-corrected chi connectivity index (χ1v) is 7.67. The van der Waals surface area contributed by atoms with Gasteiger partial charge in [0, 0.05) is 24.1 Å². The number of nitriles is 1. The third-order valence-electron chi connectivity index (χ3n) is 3.94. The Morgan fingerprint density at radius 2 is 2.08 bits per heavy atom. The molecule has 1 atom stereocenters. The second-order valence-corrected chi connectivity index (χ2v) is 5.83. The SMILES string of the molecule is Cn1c([C@H](C#N)C(=O)Cc2c(F)cccc2Cl)nc2ccccc21. The molecule has 3 aromatic rings. The highest BCUT2D eigenvalue weighted by atomic mass is 35.5. The van der Waals surface area contributed by atoms with Gasteiger partial charge in [0.15, 0.2) is 11.7 Å². The van der Waals surface area contributed by atoms with E-state index in [4.69, 9.17) is 11.6 Å². The standard InChI is InChI=1S/C18H13ClFN3O/c1-23-16-8-3-2-7-15(16)22-18(23)12(10-21)17(24)9-11-13(19)5-4-6-14(11)20/h2-8,12H,9H2,1H3/t12-/m1/s1. The van der Waals surface area contributed by atoms with Crippen molar-refractivity contribution in [1.82, 2.24) is 9.55 Å². The minimum atomic E-state index is -1.09. The Morgan fingerprint density at radius 1 is 1.33 bits per heavy atom. The number of aryl methyl sites for hydroxylation is 1. The van der Waals surface area contributed by atoms with E-state index in [9.17, 15) is 14.4 Å². The zero-order chi connectivity index (χ0) is 17.3. The minimum Gasteiger partial charge on any atom is -0.330 e. The maximum Gasteiger partial charge on any atom is 0.163 e. The molecule has 0 N–H and O–H groups in total. The lowest BCUT2D eigenvalue weighted by Gasteiger charge is -2.10. The maximum absolute atomic E-state index is 13.9. The van der Waals surface area contributed by atoms with Crippen molar-refractivity contribution >= 4 is 28.4 Å². The van der Waals surface area contributed by atoms with Crippen molar-refractivity contribution in [2.45, 2.75) is 12.3 Å². The lowest BCUT2D eigenvalue weighted by Crippen LogP contribution is -2.18. The fourth-order valence-electron chi connectivity index (χ4n) is 2.67. The highest BCUT2D eigenvalue weighted by Crippen LogP contribution is 2.25. The van der Waals surface area contributed by atoms with Crippen molar-refractivity contribution in [2.24, 2.45) is 7.05 Å². The minimum absolute atomic E-state index is 0.100. The summed E-state index contributed by atoms with van der Waals surface area (Å²) in [7, 11) is 1.75. The maximum atomic E-state index is 13.9. The van der Waals surface area contributed by atoms with E-state index in [0.29, 0.717) is 11.3 Å². The van der Waals surface area contributed by atoms with Crippen LogP contribution in [-0.4, -0.2) is 15.3 Å². The number of para-hydroxylation sites is 2. The molecule has 0 saturated heterocycles. The predicted octanol–water partition coefficient (Wildman–Crippen LogP) is 3.78. The molecule has 0 spiro atoms. The molecular weight excluding hydrogens is 329 g/mol. The van der Waals surface area contributed by atoms with Crippen LogP contribution in [0.2, 0.25) is 5.02 Å². The van der Waals surface area contributed by atoms with Gasteiger partial charge in [-0.25, -0.2) is 9.37 Å². The Kier molecular flexibility index (Phi) is 4.32. The van der Waals surface area contributed by atoms with Crippen LogP contribution in [0.15, 0.2) is 42.5 Å². The average molecular weight is 342 g/mol. The van der Waals surface area contributed by atoms with Crippen LogP contribution in [0.25, 0.3) is 11.0 Å². The summed E-state index contributed by atoms with van der Waals surface area (Å²) in [6, 6.07) is 13.6. The summed E-state index contributed by atoms with van der Waals surface area (Å²) in [6.45, 7) is 0. The van der Waals surface area contributed by atoms with Gasteiger partial charge >= 0.3 is 0 Å². The van der Waals surface area contributed by atoms with Gasteiger partial charge in [-0.05, 0) is 24.3 Å². The van der Waals surface area contributed by atoms with E-state index in [1.54, 1.807) is 11.6 Å². The number of aromatic nitrogens is 2. The summed E-state index contributed by atoms with van der Waals surface area (Å²) in [5.41, 5.74) is 1.62. The first-order chi connectivity index (χ1) is 11.5. The Hall–Kier alpha value is -2.71. The van der Waals surface area contributed by atoms with E-state index in [-0.39, 0.29) is 17.0 Å². The highest BCUT2D eigenvalue weighted by molar-refractivity contribution is 6.31. The first kappa shape index (κ1) is 16.2. The van der Waals surface area contributed by atoms with E-state index in [1.165, 1.54) is 18.2 Å². The average Bonchev–Trinajstić information content (AvgIpc) is 2.89. The van der Waals surface area contributed by atoms with E-state index in [0.717, 1.165) is 5.52 Å². The second kappa shape index (κ2) is 6.42. The lowest BCUT2D eigenvalue weighted by molar-refractivity contribution is -0.118. The van der Waals surface area contributed by atoms with Gasteiger partial charge < -0.3 is 4.57 Å². The Labute approximate surface area is 143 Å². The molecule has 0 aliphatic rings. The number of carbonyl (C=O) groups is 1. The number of nitrogens with zero attached hydrogens (tertiary/aromatic N) is 3. The molecule has 1 heterocycles. The van der Waals surface area contributed by atoms with Gasteiger partial charge in [-0.2, -0.15) is 5.26 Å². The summed E-state index contributed by atoms with van der Waals surface area (Å²) in [5, 5.41) is 9.64. The Balaban J connectivity index is 1.98. The van der Waals surface area contributed by atoms with E-state index in [2.05, 4.69) is 4.98 Å². The highest BCUT2D eigenvalue weighted by Gasteiger charge is 2.27. The molecule has 24 heavy (non-hydrogen) atoms. The Bertz CT molecular complexity index is 954. The van der Waals surface area contributed by atoms with Gasteiger partial charge in [-0.1, -0.05) is 29.8 Å². The summed E-state index contributed by atoms with van der Waals surface area (Å²) >= 11 is 5.97. The van der Waals surface area contributed by atoms with Crippen molar-refractivity contribution in [3.63, 3.8) is 0 Å². The van der Waals surface area contributed by atoms with E-state index >= 15 is 0 Å². The molecule has 0 bridgehead atoms. The fraction of sp³-hybridized carbons (Fsp3) is 0.167. The van der Waals surface area contributed by atoms with Crippen LogP contribution in [0.4, 0.5) is 4.39 Å². The smallest absolute Gasteiger partial charge is 0.163 e. The number of benzene rings is 2. The van der Waals surface area contributed by atoms with Crippen LogP contribution in [0.5, 0.6) is 0 Å². The van der Waals surface area contributed by atoms with Crippen LogP contribution < -0.4 is 0 Å². The molecule has 0 unspecified atom stereocenters. The zero-order valence-corrected chi connectivity index (χ0v) is 13.6. The number of Topliss-reactive ketones (excluding diaryl/α,β-unsaturated/α-hetero) is 1. The molecule has 0 aliphatic heterocycles. The molecule has 0 aliphatic carbocycles. The molecule has 120 valence electrons. The molecule has 1 aromatic heterocycles. The first-order valence-electron chi connectivity index (χ1n) is 7.29. The molecule has 6 heteroatoms. The number of hydrogen-bond acceptors (Lipinski definition) is 3. The van der Waals surface area contributed by atoms with Crippen molar-refractivity contribution in [2.75, 3.05) is 0 Å². The van der Waals surface area contributed by atoms with Crippen molar-refractivity contribution in [3.05, 3.63) is 64.7 Å². The molecule has 0 amide bonds. The van der Waals surface area contributed by atoms with Gasteiger partial charge in [0.25, 0.3) is 0 Å². The van der Waals surface area contributed by atoms with Gasteiger partial charge in [-0.15, -0.1) is 0 Å². The second-order valence-electron chi connectivity index (χ2n) is 5.42. The number of ketones is 1. The summed E-state index contributed by atoms with van der Waals surface area (Å²) in [5.74, 6) is -1.74. The van der Waals surface area contributed by atoms with Crippen LogP contribution in [0, 0.1) is 17.1 Å². The number of hydrogen-bond donors (Lipinski definition) is 0. The van der Waals surface area contributed by atoms with Gasteiger partial charge in [0.2, 0.25) is 0 Å². The summed E-state index contributed by atoms with van der Waals surface area (Å²) < 4.78 is 15.6. The van der Waals surface area contributed by atoms with E-state index < -0.39 is 17.5 Å². The summed E-state index contributed by atoms with van der Waals surface area (Å²) in [4.78, 5) is 17.0. The molecular formula is C18H13ClFN3O. The largest absolute Gasteiger partial charge is 0.330 e. The normalized spacial score (nSPS) is 12.1. The van der Waals surface area contributed by atoms with Gasteiger partial charge in [0.1, 0.15) is 11.6 Å². The molecule has 4 nitrogen and oxygen atoms in total. The third-order valence-corrected chi connectivity index (χ3v) is 4.30. The molecule has 0 radical (unpaired) electrons. The number of imidazole rings is 1. The van der Waals surface area contributed by atoms with Crippen LogP contribution in [-0.2, 0) is 18.3 Å². The van der Waals surface area contributed by atoms with Crippen LogP contribution in [0.3, 0.4) is 0 Å². The van der Waals surface area contributed by atoms with Crippen molar-refractivity contribution in [3.8, 4) is 6.07 Å². The van der Waals surface area contributed by atoms with Crippen molar-refractivity contribution < 1.29 is 9.18 Å². The molecule has 2 aromatic carbocycles. The summed E-state index contributed by atoms with van der Waals surface area (Å²) in [6.07, 6.45) is -0.257. The lowest BCUT2D eigenvalue weighted by atomic mass is 9.98. The van der Waals surface area contributed by atoms with E-state index in [1.807, 2.05) is 30.3 Å². The van der Waals surface area contributed by atoms with Gasteiger partial charge in [0.05, 0.1) is 17.1 Å². The van der Waals surface area contributed by atoms with Crippen molar-refractivity contribution in [1.29, 1.82) is 5.26 Å². The molecule has 3 rings (SSSR count). The third kappa shape index (κ3) is 2.77. The predicted molar refractivity (Wildman–Crippen MR) is 89.2 cm³/mol. The molecule has 0 saturated carbocycles. The van der Waals surface area contributed by atoms with Crippen LogP contribution >= 0.6 is 11.6 Å². The topological polar surface area (TPSA) is 58.7 Å². The zero-order valence-electron chi connectivity index (χ0n) is 12.8.